The molecule has 0 aliphatic heterocycles. The van der Waals surface area contributed by atoms with Gasteiger partial charge in [-0.3, -0.25) is 0 Å². The highest BCUT2D eigenvalue weighted by molar-refractivity contribution is 4.98. The number of halogens is 1. The Bertz CT molecular complexity index is 476. The Labute approximate surface area is 143 Å². The molecule has 0 fully saturated rings. The Balaban J connectivity index is 0.00000242. The van der Waals surface area contributed by atoms with Crippen LogP contribution >= 0.6 is 0 Å². The standard InChI is InChI=1S/C17H26N3O.BrH/c1-2-3-4-6-10-16(17-15-21-19-18-17)11-9-14-20-12-7-5-8-13-20;/h5,7-8,12-13,15-16H,2-4,6,9-11,14H2,1H3;1H/q+1;/p-1. The molecular weight excluding hydrogens is 342 g/mol. The van der Waals surface area contributed by atoms with E-state index in [2.05, 4.69) is 46.4 Å². The lowest BCUT2D eigenvalue weighted by molar-refractivity contribution is -0.697. The summed E-state index contributed by atoms with van der Waals surface area (Å²) < 4.78 is 7.15. The first-order valence-corrected chi connectivity index (χ1v) is 8.11. The molecule has 2 aromatic rings. The van der Waals surface area contributed by atoms with Gasteiger partial charge in [-0.2, -0.15) is 0 Å². The van der Waals surface area contributed by atoms with E-state index in [1.54, 1.807) is 6.26 Å². The van der Waals surface area contributed by atoms with E-state index in [1.807, 2.05) is 6.07 Å². The highest BCUT2D eigenvalue weighted by Crippen LogP contribution is 2.25. The topological polar surface area (TPSA) is 42.8 Å². The fraction of sp³-hybridized carbons (Fsp3) is 0.588. The maximum Gasteiger partial charge on any atom is 0.168 e. The molecule has 0 aliphatic carbocycles. The molecule has 0 saturated heterocycles. The van der Waals surface area contributed by atoms with E-state index in [-0.39, 0.29) is 17.0 Å². The fourth-order valence-corrected chi connectivity index (χ4v) is 2.71. The summed E-state index contributed by atoms with van der Waals surface area (Å²) in [7, 11) is 0. The van der Waals surface area contributed by atoms with Gasteiger partial charge in [0.2, 0.25) is 0 Å². The zero-order valence-electron chi connectivity index (χ0n) is 13.3. The lowest BCUT2D eigenvalue weighted by Crippen LogP contribution is -3.00. The Kier molecular flexibility index (Phi) is 9.71. The normalized spacial score (nSPS) is 11.9. The van der Waals surface area contributed by atoms with Gasteiger partial charge >= 0.3 is 0 Å². The van der Waals surface area contributed by atoms with E-state index in [9.17, 15) is 0 Å². The second-order valence-corrected chi connectivity index (χ2v) is 5.63. The van der Waals surface area contributed by atoms with Gasteiger partial charge < -0.3 is 21.5 Å². The van der Waals surface area contributed by atoms with Gasteiger partial charge in [-0.1, -0.05) is 38.7 Å². The molecule has 0 aromatic carbocycles. The molecule has 0 radical (unpaired) electrons. The lowest BCUT2D eigenvalue weighted by atomic mass is 9.93. The van der Waals surface area contributed by atoms with Crippen LogP contribution in [0, 0.1) is 0 Å². The van der Waals surface area contributed by atoms with E-state index in [4.69, 9.17) is 4.52 Å². The first-order valence-electron chi connectivity index (χ1n) is 8.11. The molecule has 0 aliphatic rings. The predicted octanol–water partition coefficient (Wildman–Crippen LogP) is 0.896. The molecule has 122 valence electrons. The fourth-order valence-electron chi connectivity index (χ4n) is 2.71. The summed E-state index contributed by atoms with van der Waals surface area (Å²) in [6.07, 6.45) is 14.6. The van der Waals surface area contributed by atoms with Gasteiger partial charge in [-0.15, -0.1) is 5.10 Å². The van der Waals surface area contributed by atoms with Crippen molar-refractivity contribution < 1.29 is 26.1 Å². The highest BCUT2D eigenvalue weighted by Gasteiger charge is 2.15. The number of aromatic nitrogens is 3. The Morgan fingerprint density at radius 1 is 1.05 bits per heavy atom. The van der Waals surface area contributed by atoms with Gasteiger partial charge in [-0.25, -0.2) is 4.57 Å². The van der Waals surface area contributed by atoms with Crippen LogP contribution < -0.4 is 21.5 Å². The number of unbranched alkanes of at least 4 members (excludes halogenated alkanes) is 3. The van der Waals surface area contributed by atoms with Gasteiger partial charge in [0, 0.05) is 29.7 Å². The van der Waals surface area contributed by atoms with E-state index in [1.165, 1.54) is 32.1 Å². The van der Waals surface area contributed by atoms with Crippen molar-refractivity contribution >= 4 is 0 Å². The van der Waals surface area contributed by atoms with Gasteiger partial charge in [0.15, 0.2) is 12.4 Å². The van der Waals surface area contributed by atoms with Gasteiger partial charge in [0.05, 0.1) is 0 Å². The van der Waals surface area contributed by atoms with Crippen LogP contribution in [0.2, 0.25) is 0 Å². The summed E-state index contributed by atoms with van der Waals surface area (Å²) in [5, 5.41) is 7.74. The van der Waals surface area contributed by atoms with Gasteiger partial charge in [0.25, 0.3) is 0 Å². The van der Waals surface area contributed by atoms with Crippen molar-refractivity contribution in [3.8, 4) is 0 Å². The number of hydrogen-bond donors (Lipinski definition) is 0. The second kappa shape index (κ2) is 11.4. The minimum absolute atomic E-state index is 0. The van der Waals surface area contributed by atoms with Gasteiger partial charge in [-0.05, 0) is 12.8 Å². The van der Waals surface area contributed by atoms with Crippen molar-refractivity contribution in [1.29, 1.82) is 0 Å². The molecular formula is C17H26BrN3O. The maximum atomic E-state index is 4.92. The zero-order valence-corrected chi connectivity index (χ0v) is 14.9. The largest absolute Gasteiger partial charge is 1.00 e. The SMILES string of the molecule is CCCCCCC(CCC[n+]1ccccc1)c1conn1.[Br-]. The van der Waals surface area contributed by atoms with Crippen LogP contribution in [0.1, 0.15) is 63.5 Å². The molecule has 0 N–H and O–H groups in total. The molecule has 1 unspecified atom stereocenters. The molecule has 4 nitrogen and oxygen atoms in total. The third-order valence-corrected chi connectivity index (χ3v) is 3.95. The summed E-state index contributed by atoms with van der Waals surface area (Å²) in [6, 6.07) is 6.20. The van der Waals surface area contributed by atoms with E-state index >= 15 is 0 Å². The number of aryl methyl sites for hydroxylation is 1. The molecule has 0 spiro atoms. The minimum atomic E-state index is 0. The number of pyridine rings is 1. The first-order chi connectivity index (χ1) is 10.4. The summed E-state index contributed by atoms with van der Waals surface area (Å²) in [5.41, 5.74) is 1.02. The smallest absolute Gasteiger partial charge is 0.168 e. The molecule has 1 atom stereocenters. The lowest BCUT2D eigenvalue weighted by Gasteiger charge is -2.12. The summed E-state index contributed by atoms with van der Waals surface area (Å²) >= 11 is 0. The molecule has 5 heteroatoms. The van der Waals surface area contributed by atoms with Crippen LogP contribution in [0.25, 0.3) is 0 Å². The van der Waals surface area contributed by atoms with Crippen LogP contribution in [0.3, 0.4) is 0 Å². The van der Waals surface area contributed by atoms with E-state index in [0.717, 1.165) is 25.1 Å². The van der Waals surface area contributed by atoms with Crippen molar-refractivity contribution in [3.05, 3.63) is 42.5 Å². The average molecular weight is 368 g/mol. The van der Waals surface area contributed by atoms with Crippen LogP contribution in [0.15, 0.2) is 41.4 Å². The van der Waals surface area contributed by atoms with Crippen molar-refractivity contribution in [1.82, 2.24) is 10.4 Å². The highest BCUT2D eigenvalue weighted by atomic mass is 79.9. The molecule has 2 rings (SSSR count). The molecule has 0 saturated carbocycles. The summed E-state index contributed by atoms with van der Waals surface area (Å²) in [5.74, 6) is 0.484. The first kappa shape index (κ1) is 18.8. The quantitative estimate of drug-likeness (QED) is 0.462. The number of nitrogens with zero attached hydrogens (tertiary/aromatic N) is 3. The minimum Gasteiger partial charge on any atom is -1.00 e. The summed E-state index contributed by atoms with van der Waals surface area (Å²) in [4.78, 5) is 0. The molecule has 2 aromatic heterocycles. The molecule has 0 amide bonds. The third kappa shape index (κ3) is 6.69. The van der Waals surface area contributed by atoms with Crippen LogP contribution in [0.4, 0.5) is 0 Å². The number of hydrogen-bond acceptors (Lipinski definition) is 3. The monoisotopic (exact) mass is 367 g/mol. The Hall–Kier alpha value is -1.23. The second-order valence-electron chi connectivity index (χ2n) is 5.63. The molecule has 22 heavy (non-hydrogen) atoms. The van der Waals surface area contributed by atoms with Gasteiger partial charge in [0.1, 0.15) is 18.5 Å². The van der Waals surface area contributed by atoms with Crippen LogP contribution in [-0.2, 0) is 6.54 Å². The maximum absolute atomic E-state index is 4.92. The van der Waals surface area contributed by atoms with Crippen molar-refractivity contribution in [2.24, 2.45) is 0 Å². The van der Waals surface area contributed by atoms with Crippen LogP contribution in [0.5, 0.6) is 0 Å². The predicted molar refractivity (Wildman–Crippen MR) is 81.7 cm³/mol. The Morgan fingerprint density at radius 2 is 1.82 bits per heavy atom. The van der Waals surface area contributed by atoms with E-state index in [0.29, 0.717) is 5.92 Å². The van der Waals surface area contributed by atoms with E-state index < -0.39 is 0 Å². The van der Waals surface area contributed by atoms with Crippen LogP contribution in [-0.4, -0.2) is 10.4 Å². The van der Waals surface area contributed by atoms with Crippen molar-refractivity contribution in [2.45, 2.75) is 64.3 Å². The van der Waals surface area contributed by atoms with Crippen molar-refractivity contribution in [3.63, 3.8) is 0 Å². The summed E-state index contributed by atoms with van der Waals surface area (Å²) in [6.45, 7) is 3.30. The van der Waals surface area contributed by atoms with Crippen molar-refractivity contribution in [2.75, 3.05) is 0 Å². The third-order valence-electron chi connectivity index (χ3n) is 3.95. The Morgan fingerprint density at radius 3 is 2.50 bits per heavy atom. The average Bonchev–Trinajstić information content (AvgIpc) is 3.05. The molecule has 2 heterocycles. The zero-order chi connectivity index (χ0) is 14.8. The molecule has 0 bridgehead atoms. The number of rotatable bonds is 10.